The van der Waals surface area contributed by atoms with E-state index in [-0.39, 0.29) is 56.1 Å². The first-order valence-electron chi connectivity index (χ1n) is 32.7. The Balaban J connectivity index is 3.14. The third-order valence-corrected chi connectivity index (χ3v) is 15.3. The average molecular weight is 1360 g/mol. The first-order chi connectivity index (χ1) is 44.4. The SMILES string of the molecule is CC[C@H](C)[C@@H]1NC(=O)[C@@H](CCCN=C(N)N)NC(=O)[C@H](CC(C)C)NC(=O)[C@H]([C@H](O)C(C)C)NC(=O)[C@@H](NC(=O)[C@H](CC(C)(C)C)NC(=O)[C@@H](CC(C)(C)C)NC(=O)OC(C)(C)C)[C@@H](c2ccccc2)NC(=O)C(CO)NC(=O)[C@H](CO)NC(=O)CNC(=O)[C@H](C(C)C)NC1=O. The third-order valence-electron chi connectivity index (χ3n) is 15.3. The molecule has 1 aliphatic rings. The predicted octanol–water partition coefficient (Wildman–Crippen LogP) is -1.09. The van der Waals surface area contributed by atoms with Gasteiger partial charge in [0.05, 0.1) is 31.9 Å². The smallest absolute Gasteiger partial charge is 0.408 e. The fourth-order valence-corrected chi connectivity index (χ4v) is 10.1. The maximum Gasteiger partial charge on any atom is 0.408 e. The van der Waals surface area contributed by atoms with Crippen LogP contribution in [-0.2, 0) is 57.5 Å². The highest BCUT2D eigenvalue weighted by Crippen LogP contribution is 2.26. The van der Waals surface area contributed by atoms with Gasteiger partial charge < -0.3 is 95.3 Å². The van der Waals surface area contributed by atoms with E-state index in [1.165, 1.54) is 38.1 Å². The Labute approximate surface area is 564 Å². The van der Waals surface area contributed by atoms with Crippen LogP contribution in [0.3, 0.4) is 0 Å². The number of nitrogens with zero attached hydrogens (tertiary/aromatic N) is 1. The molecule has 1 heterocycles. The van der Waals surface area contributed by atoms with Gasteiger partial charge >= 0.3 is 6.09 Å². The van der Waals surface area contributed by atoms with Crippen LogP contribution in [0.25, 0.3) is 0 Å². The average Bonchev–Trinajstić information content (AvgIpc) is 0.816. The number of nitrogens with one attached hydrogen (secondary N) is 12. The summed E-state index contributed by atoms with van der Waals surface area (Å²) in [6, 6.07) is -10.6. The molecule has 13 atom stereocenters. The van der Waals surface area contributed by atoms with Gasteiger partial charge in [-0.1, -0.05) is 134 Å². The first kappa shape index (κ1) is 83.9. The summed E-state index contributed by atoms with van der Waals surface area (Å²) in [4.78, 5) is 177. The normalized spacial score (nSPS) is 23.7. The van der Waals surface area contributed by atoms with E-state index in [0.717, 1.165) is 0 Å². The highest BCUT2D eigenvalue weighted by Gasteiger charge is 2.43. The maximum absolute atomic E-state index is 15.6. The van der Waals surface area contributed by atoms with Crippen LogP contribution in [0.2, 0.25) is 0 Å². The van der Waals surface area contributed by atoms with Crippen LogP contribution >= 0.6 is 0 Å². The minimum absolute atomic E-state index is 0.00958. The second kappa shape index (κ2) is 38.5. The molecule has 1 fully saturated rings. The molecule has 1 aliphatic heterocycles. The Morgan fingerprint density at radius 1 is 0.604 bits per heavy atom. The minimum Gasteiger partial charge on any atom is -0.444 e. The van der Waals surface area contributed by atoms with E-state index in [1.54, 1.807) is 89.2 Å². The van der Waals surface area contributed by atoms with Gasteiger partial charge in [-0.05, 0) is 92.9 Å². The number of nitrogens with two attached hydrogens (primary N) is 2. The summed E-state index contributed by atoms with van der Waals surface area (Å²) in [5.74, 6) is -14.0. The highest BCUT2D eigenvalue weighted by molar-refractivity contribution is 6.00. The van der Waals surface area contributed by atoms with Crippen molar-refractivity contribution in [1.29, 1.82) is 0 Å². The molecule has 0 spiro atoms. The van der Waals surface area contributed by atoms with E-state index in [2.05, 4.69) is 68.8 Å². The Bertz CT molecular complexity index is 2830. The van der Waals surface area contributed by atoms with Crippen LogP contribution in [0.4, 0.5) is 4.79 Å². The number of amides is 12. The second-order valence-corrected chi connectivity index (χ2v) is 29.0. The van der Waals surface area contributed by atoms with Crippen molar-refractivity contribution in [2.75, 3.05) is 26.3 Å². The van der Waals surface area contributed by atoms with Gasteiger partial charge in [0.1, 0.15) is 66.0 Å². The number of carbonyl (C=O) groups is 12. The van der Waals surface area contributed by atoms with Gasteiger partial charge in [-0.25, -0.2) is 4.79 Å². The maximum atomic E-state index is 15.6. The zero-order chi connectivity index (χ0) is 73.3. The monoisotopic (exact) mass is 1360 g/mol. The number of guanidine groups is 1. The molecule has 96 heavy (non-hydrogen) atoms. The van der Waals surface area contributed by atoms with Crippen molar-refractivity contribution in [3.63, 3.8) is 0 Å². The number of hydrogen-bond acceptors (Lipinski definition) is 17. The third kappa shape index (κ3) is 29.4. The van der Waals surface area contributed by atoms with Crippen LogP contribution in [0.5, 0.6) is 0 Å². The molecule has 2 rings (SSSR count). The minimum atomic E-state index is -2.09. The second-order valence-electron chi connectivity index (χ2n) is 29.0. The molecular formula is C65H111N15O16. The van der Waals surface area contributed by atoms with Crippen molar-refractivity contribution in [3.8, 4) is 0 Å². The lowest BCUT2D eigenvalue weighted by Crippen LogP contribution is -2.65. The van der Waals surface area contributed by atoms with Crippen LogP contribution < -0.4 is 75.3 Å². The number of aliphatic imine (C=N–C) groups is 1. The summed E-state index contributed by atoms with van der Waals surface area (Å²) in [6.07, 6.45) is -2.65. The Morgan fingerprint density at radius 3 is 1.60 bits per heavy atom. The largest absolute Gasteiger partial charge is 0.444 e. The van der Waals surface area contributed by atoms with Gasteiger partial charge in [0.15, 0.2) is 5.96 Å². The molecule has 0 aromatic heterocycles. The van der Waals surface area contributed by atoms with Crippen molar-refractivity contribution in [3.05, 3.63) is 35.9 Å². The zero-order valence-electron chi connectivity index (χ0n) is 58.9. The molecule has 0 bridgehead atoms. The quantitative estimate of drug-likeness (QED) is 0.0395. The summed E-state index contributed by atoms with van der Waals surface area (Å²) >= 11 is 0. The molecule has 542 valence electrons. The number of ether oxygens (including phenoxy) is 1. The summed E-state index contributed by atoms with van der Waals surface area (Å²) < 4.78 is 5.48. The van der Waals surface area contributed by atoms with Gasteiger partial charge in [0, 0.05) is 6.54 Å². The van der Waals surface area contributed by atoms with Crippen molar-refractivity contribution < 1.29 is 77.6 Å². The molecule has 19 N–H and O–H groups in total. The number of benzene rings is 1. The van der Waals surface area contributed by atoms with Crippen LogP contribution in [0.1, 0.15) is 168 Å². The number of hydrogen-bond donors (Lipinski definition) is 17. The van der Waals surface area contributed by atoms with Crippen LogP contribution in [-0.4, -0.2) is 191 Å². The lowest BCUT2D eigenvalue weighted by atomic mass is 9.86. The van der Waals surface area contributed by atoms with Gasteiger partial charge in [0.2, 0.25) is 65.0 Å². The molecule has 0 saturated carbocycles. The van der Waals surface area contributed by atoms with Crippen molar-refractivity contribution in [2.45, 2.75) is 234 Å². The van der Waals surface area contributed by atoms with Gasteiger partial charge in [0.25, 0.3) is 0 Å². The van der Waals surface area contributed by atoms with E-state index in [0.29, 0.717) is 6.42 Å². The molecule has 1 aromatic rings. The Kier molecular flexibility index (Phi) is 33.7. The molecule has 12 amide bonds. The summed E-state index contributed by atoms with van der Waals surface area (Å²) in [7, 11) is 0. The van der Waals surface area contributed by atoms with Gasteiger partial charge in [-0.2, -0.15) is 0 Å². The fourth-order valence-electron chi connectivity index (χ4n) is 10.1. The molecule has 1 unspecified atom stereocenters. The van der Waals surface area contributed by atoms with Crippen LogP contribution in [0.15, 0.2) is 35.3 Å². The highest BCUT2D eigenvalue weighted by atomic mass is 16.6. The van der Waals surface area contributed by atoms with Crippen molar-refractivity contribution in [1.82, 2.24) is 63.8 Å². The van der Waals surface area contributed by atoms with E-state index < -0.39 is 198 Å². The van der Waals surface area contributed by atoms with E-state index in [1.807, 2.05) is 20.8 Å². The standard InChI is InChI=1S/C65H111N15O16/c1-18-36(8)46-58(92)76-45(34(4)5)57(91)69-30-44(83)70-42(31-81)55(89)74-43(32-82)56(90)78-47(37-23-20-19-21-24-37)48(79-54(88)40(28-63(9,10)11)73-53(87)41(29-64(12,13)14)75-62(95)96-65(15,16)17)59(93)80-49(50(84)35(6)7)60(94)72-39(27-33(2)3)52(86)71-38(51(85)77-46)25-22-26-68-61(66)67/h19-21,23-24,33-36,38-43,45-50,81-82,84H,18,22,25-32H2,1-17H3,(H,69,91)(H,70,83)(H,71,86)(H,72,94)(H,73,87)(H,74,89)(H,75,95)(H,76,92)(H,77,85)(H,78,90)(H,79,88)(H,80,93)(H4,66,67,68)/t36-,38+,39-,40-,41+,42-,43?,45-,46-,47+,48-,49-,50+/m0/s1. The van der Waals surface area contributed by atoms with Crippen molar-refractivity contribution >= 4 is 77.0 Å². The fraction of sp³-hybridized carbons (Fsp3) is 0.708. The number of alkyl carbamates (subject to hydrolysis) is 1. The summed E-state index contributed by atoms with van der Waals surface area (Å²) in [6.45, 7) is 25.7. The molecule has 1 saturated heterocycles. The van der Waals surface area contributed by atoms with Gasteiger partial charge in [-0.15, -0.1) is 0 Å². The summed E-state index contributed by atoms with van der Waals surface area (Å²) in [5.41, 5.74) is 8.91. The summed E-state index contributed by atoms with van der Waals surface area (Å²) in [5, 5.41) is 63.9. The number of rotatable bonds is 21. The van der Waals surface area contributed by atoms with E-state index >= 15 is 14.4 Å². The number of aliphatic hydroxyl groups is 3. The van der Waals surface area contributed by atoms with E-state index in [9.17, 15) is 58.5 Å². The number of aliphatic hydroxyl groups excluding tert-OH is 3. The molecule has 31 nitrogen and oxygen atoms in total. The number of carbonyl (C=O) groups excluding carboxylic acids is 12. The topological polar surface area (TPSA) is 484 Å². The molecule has 31 heteroatoms. The molecule has 0 aliphatic carbocycles. The zero-order valence-corrected chi connectivity index (χ0v) is 58.9. The Morgan fingerprint density at radius 2 is 1.09 bits per heavy atom. The lowest BCUT2D eigenvalue weighted by molar-refractivity contribution is -0.139. The van der Waals surface area contributed by atoms with Crippen LogP contribution in [0, 0.1) is 34.5 Å². The molecule has 1 aromatic carbocycles. The lowest BCUT2D eigenvalue weighted by Gasteiger charge is -2.35. The molecule has 0 radical (unpaired) electrons. The molecular weight excluding hydrogens is 1250 g/mol. The van der Waals surface area contributed by atoms with Gasteiger partial charge in [-0.3, -0.25) is 57.7 Å². The van der Waals surface area contributed by atoms with Crippen molar-refractivity contribution in [2.24, 2.45) is 51.0 Å². The first-order valence-corrected chi connectivity index (χ1v) is 32.7. The Hall–Kier alpha value is -8.19. The predicted molar refractivity (Wildman–Crippen MR) is 358 cm³/mol. The van der Waals surface area contributed by atoms with E-state index in [4.69, 9.17) is 16.2 Å².